The normalized spacial score (nSPS) is 21.9. The van der Waals surface area contributed by atoms with Crippen LogP contribution in [0.5, 0.6) is 0 Å². The Bertz CT molecular complexity index is 329. The van der Waals surface area contributed by atoms with Gasteiger partial charge in [0.05, 0.1) is 6.10 Å². The minimum atomic E-state index is 0.231. The third-order valence-corrected chi connectivity index (χ3v) is 3.05. The molecule has 0 saturated carbocycles. The van der Waals surface area contributed by atoms with Crippen molar-refractivity contribution in [3.8, 4) is 0 Å². The largest absolute Gasteiger partial charge is 0.374 e. The Labute approximate surface area is 92.5 Å². The third kappa shape index (κ3) is 2.40. The lowest BCUT2D eigenvalue weighted by atomic mass is 9.85. The molecule has 1 atom stereocenters. The molecule has 2 rings (SSSR count). The van der Waals surface area contributed by atoms with E-state index in [4.69, 9.17) is 4.74 Å². The van der Waals surface area contributed by atoms with Crippen LogP contribution >= 0.6 is 0 Å². The molecule has 0 aliphatic carbocycles. The Morgan fingerprint density at radius 2 is 2.07 bits per heavy atom. The van der Waals surface area contributed by atoms with Crippen molar-refractivity contribution in [3.63, 3.8) is 0 Å². The quantitative estimate of drug-likeness (QED) is 0.675. The Kier molecular flexibility index (Phi) is 2.83. The van der Waals surface area contributed by atoms with E-state index in [2.05, 4.69) is 45.0 Å². The fraction of sp³-hybridized carbons (Fsp3) is 0.571. The number of hydrogen-bond acceptors (Lipinski definition) is 1. The average Bonchev–Trinajstić information content (AvgIpc) is 2.69. The molecule has 1 aromatic carbocycles. The van der Waals surface area contributed by atoms with Crippen molar-refractivity contribution in [3.05, 3.63) is 35.4 Å². The van der Waals surface area contributed by atoms with Gasteiger partial charge in [-0.05, 0) is 29.4 Å². The molecule has 0 N–H and O–H groups in total. The molecule has 0 radical (unpaired) electrons. The topological polar surface area (TPSA) is 9.23 Å². The predicted octanol–water partition coefficient (Wildman–Crippen LogP) is 3.84. The van der Waals surface area contributed by atoms with Gasteiger partial charge in [-0.15, -0.1) is 0 Å². The van der Waals surface area contributed by atoms with Gasteiger partial charge < -0.3 is 4.74 Å². The summed E-state index contributed by atoms with van der Waals surface area (Å²) in [6.45, 7) is 7.68. The zero-order chi connectivity index (χ0) is 10.9. The van der Waals surface area contributed by atoms with Gasteiger partial charge in [0.25, 0.3) is 0 Å². The molecule has 0 bridgehead atoms. The molecule has 82 valence electrons. The molecule has 1 aliphatic rings. The zero-order valence-corrected chi connectivity index (χ0v) is 9.92. The number of benzene rings is 1. The lowest BCUT2D eigenvalue weighted by molar-refractivity contribution is 0.112. The highest BCUT2D eigenvalue weighted by Crippen LogP contribution is 2.31. The van der Waals surface area contributed by atoms with Crippen molar-refractivity contribution >= 4 is 0 Å². The maximum absolute atomic E-state index is 5.71. The van der Waals surface area contributed by atoms with E-state index in [9.17, 15) is 0 Å². The van der Waals surface area contributed by atoms with E-state index in [0.29, 0.717) is 6.10 Å². The Morgan fingerprint density at radius 1 is 1.27 bits per heavy atom. The minimum absolute atomic E-state index is 0.231. The van der Waals surface area contributed by atoms with Gasteiger partial charge in [0.15, 0.2) is 0 Å². The van der Waals surface area contributed by atoms with Crippen LogP contribution in [0.1, 0.15) is 50.8 Å². The van der Waals surface area contributed by atoms with Gasteiger partial charge in [-0.3, -0.25) is 0 Å². The standard InChI is InChI=1S/C14H20O/c1-14(2,3)12-7-4-6-11(10-12)13-8-5-9-15-13/h4,6-7,10,13H,5,8-9H2,1-3H3/t13-/m0/s1. The zero-order valence-electron chi connectivity index (χ0n) is 9.92. The first-order valence-corrected chi connectivity index (χ1v) is 5.79. The molecule has 1 aromatic rings. The maximum atomic E-state index is 5.71. The summed E-state index contributed by atoms with van der Waals surface area (Å²) in [5.41, 5.74) is 2.98. The minimum Gasteiger partial charge on any atom is -0.374 e. The Balaban J connectivity index is 2.26. The first-order chi connectivity index (χ1) is 7.07. The van der Waals surface area contributed by atoms with Crippen LogP contribution in [-0.2, 0) is 10.2 Å². The molecule has 0 unspecified atom stereocenters. The Morgan fingerprint density at radius 3 is 2.67 bits per heavy atom. The molecule has 1 heteroatoms. The van der Waals surface area contributed by atoms with Crippen LogP contribution in [0, 0.1) is 0 Å². The van der Waals surface area contributed by atoms with Crippen LogP contribution in [-0.4, -0.2) is 6.61 Å². The van der Waals surface area contributed by atoms with Crippen LogP contribution in [0.2, 0.25) is 0 Å². The lowest BCUT2D eigenvalue weighted by Crippen LogP contribution is -2.11. The first kappa shape index (κ1) is 10.7. The lowest BCUT2D eigenvalue weighted by Gasteiger charge is -2.21. The second kappa shape index (κ2) is 3.97. The van der Waals surface area contributed by atoms with E-state index in [1.165, 1.54) is 24.0 Å². The van der Waals surface area contributed by atoms with Crippen LogP contribution in [0.4, 0.5) is 0 Å². The molecule has 1 nitrogen and oxygen atoms in total. The summed E-state index contributed by atoms with van der Waals surface area (Å²) in [7, 11) is 0. The predicted molar refractivity (Wildman–Crippen MR) is 63.1 cm³/mol. The molecule has 0 amide bonds. The van der Waals surface area contributed by atoms with Gasteiger partial charge in [-0.25, -0.2) is 0 Å². The molecular formula is C14H20O. The van der Waals surface area contributed by atoms with Gasteiger partial charge >= 0.3 is 0 Å². The SMILES string of the molecule is CC(C)(C)c1cccc([C@@H]2CCCO2)c1. The smallest absolute Gasteiger partial charge is 0.0825 e. The van der Waals surface area contributed by atoms with Gasteiger partial charge in [-0.2, -0.15) is 0 Å². The summed E-state index contributed by atoms with van der Waals surface area (Å²) in [6.07, 6.45) is 2.71. The molecule has 1 saturated heterocycles. The molecular weight excluding hydrogens is 184 g/mol. The maximum Gasteiger partial charge on any atom is 0.0825 e. The molecule has 15 heavy (non-hydrogen) atoms. The van der Waals surface area contributed by atoms with Crippen molar-refractivity contribution in [1.82, 2.24) is 0 Å². The van der Waals surface area contributed by atoms with E-state index in [1.807, 2.05) is 0 Å². The summed E-state index contributed by atoms with van der Waals surface area (Å²) in [5.74, 6) is 0. The van der Waals surface area contributed by atoms with Crippen LogP contribution in [0.3, 0.4) is 0 Å². The average molecular weight is 204 g/mol. The molecule has 1 aliphatic heterocycles. The van der Waals surface area contributed by atoms with Crippen molar-refractivity contribution in [2.45, 2.75) is 45.1 Å². The fourth-order valence-corrected chi connectivity index (χ4v) is 2.05. The van der Waals surface area contributed by atoms with Crippen molar-refractivity contribution < 1.29 is 4.74 Å². The fourth-order valence-electron chi connectivity index (χ4n) is 2.05. The second-order valence-corrected chi connectivity index (χ2v) is 5.38. The molecule has 1 heterocycles. The Hall–Kier alpha value is -0.820. The number of rotatable bonds is 1. The van der Waals surface area contributed by atoms with Crippen molar-refractivity contribution in [2.75, 3.05) is 6.61 Å². The van der Waals surface area contributed by atoms with E-state index >= 15 is 0 Å². The molecule has 0 aromatic heterocycles. The van der Waals surface area contributed by atoms with E-state index in [0.717, 1.165) is 6.61 Å². The highest BCUT2D eigenvalue weighted by molar-refractivity contribution is 5.30. The monoisotopic (exact) mass is 204 g/mol. The van der Waals surface area contributed by atoms with Crippen LogP contribution < -0.4 is 0 Å². The van der Waals surface area contributed by atoms with Crippen molar-refractivity contribution in [2.24, 2.45) is 0 Å². The highest BCUT2D eigenvalue weighted by atomic mass is 16.5. The summed E-state index contributed by atoms with van der Waals surface area (Å²) in [4.78, 5) is 0. The number of hydrogen-bond donors (Lipinski definition) is 0. The number of ether oxygens (including phenoxy) is 1. The summed E-state index contributed by atoms with van der Waals surface area (Å²) in [6, 6.07) is 8.84. The van der Waals surface area contributed by atoms with E-state index < -0.39 is 0 Å². The first-order valence-electron chi connectivity index (χ1n) is 5.79. The molecule has 0 spiro atoms. The summed E-state index contributed by atoms with van der Waals surface area (Å²) >= 11 is 0. The highest BCUT2D eigenvalue weighted by Gasteiger charge is 2.20. The van der Waals surface area contributed by atoms with Crippen LogP contribution in [0.15, 0.2) is 24.3 Å². The van der Waals surface area contributed by atoms with Gasteiger partial charge in [0.2, 0.25) is 0 Å². The van der Waals surface area contributed by atoms with Gasteiger partial charge in [0.1, 0.15) is 0 Å². The van der Waals surface area contributed by atoms with Crippen molar-refractivity contribution in [1.29, 1.82) is 0 Å². The van der Waals surface area contributed by atoms with Gasteiger partial charge in [0, 0.05) is 6.61 Å². The van der Waals surface area contributed by atoms with E-state index in [1.54, 1.807) is 0 Å². The van der Waals surface area contributed by atoms with Gasteiger partial charge in [-0.1, -0.05) is 45.0 Å². The molecule has 1 fully saturated rings. The van der Waals surface area contributed by atoms with Crippen LogP contribution in [0.25, 0.3) is 0 Å². The summed E-state index contributed by atoms with van der Waals surface area (Å²) < 4.78 is 5.71. The third-order valence-electron chi connectivity index (χ3n) is 3.05. The van der Waals surface area contributed by atoms with E-state index in [-0.39, 0.29) is 5.41 Å². The second-order valence-electron chi connectivity index (χ2n) is 5.38. The summed E-state index contributed by atoms with van der Waals surface area (Å²) in [5, 5.41) is 0.